The molecule has 1 unspecified atom stereocenters. The molecule has 0 radical (unpaired) electrons. The zero-order valence-corrected chi connectivity index (χ0v) is 17.1. The van der Waals surface area contributed by atoms with Crippen LogP contribution in [0.3, 0.4) is 0 Å². The smallest absolute Gasteiger partial charge is 0.449 e. The monoisotopic (exact) mass is 453 g/mol. The third kappa shape index (κ3) is 5.39. The quantitative estimate of drug-likeness (QED) is 0.413. The fourth-order valence-electron chi connectivity index (χ4n) is 2.66. The molecule has 2 aromatic carbocycles. The Balaban J connectivity index is 2.00. The highest BCUT2D eigenvalue weighted by Gasteiger charge is 2.40. The number of esters is 1. The second-order valence-corrected chi connectivity index (χ2v) is 7.45. The van der Waals surface area contributed by atoms with Crippen LogP contribution in [-0.4, -0.2) is 24.0 Å². The van der Waals surface area contributed by atoms with Crippen molar-refractivity contribution in [3.05, 3.63) is 64.5 Å². The van der Waals surface area contributed by atoms with Crippen LogP contribution in [0.15, 0.2) is 57.7 Å². The third-order valence-electron chi connectivity index (χ3n) is 4.20. The van der Waals surface area contributed by atoms with E-state index < -0.39 is 40.7 Å². The molecular formula is C21H18F3NO5S. The number of benzene rings is 2. The third-order valence-corrected chi connectivity index (χ3v) is 4.84. The number of hydrogen-bond acceptors (Lipinski definition) is 7. The van der Waals surface area contributed by atoms with E-state index in [-0.39, 0.29) is 16.9 Å². The van der Waals surface area contributed by atoms with Gasteiger partial charge in [-0.2, -0.15) is 24.9 Å². The van der Waals surface area contributed by atoms with Crippen LogP contribution in [0.4, 0.5) is 13.2 Å². The summed E-state index contributed by atoms with van der Waals surface area (Å²) in [5, 5.41) is -0.162. The number of fused-ring (bicyclic) bond motifs is 1. The van der Waals surface area contributed by atoms with E-state index >= 15 is 0 Å². The Morgan fingerprint density at radius 1 is 1.16 bits per heavy atom. The number of thioether (sulfide) groups is 1. The molecule has 1 aromatic heterocycles. The molecule has 31 heavy (non-hydrogen) atoms. The summed E-state index contributed by atoms with van der Waals surface area (Å²) in [7, 11) is 0. The lowest BCUT2D eigenvalue weighted by Gasteiger charge is -2.14. The highest BCUT2D eigenvalue weighted by molar-refractivity contribution is 7.98. The Morgan fingerprint density at radius 2 is 1.87 bits per heavy atom. The lowest BCUT2D eigenvalue weighted by Crippen LogP contribution is -2.34. The van der Waals surface area contributed by atoms with Crippen LogP contribution in [-0.2, 0) is 11.0 Å². The highest BCUT2D eigenvalue weighted by Crippen LogP contribution is 2.38. The maximum atomic E-state index is 13.6. The van der Waals surface area contributed by atoms with Crippen molar-refractivity contribution in [1.82, 2.24) is 0 Å². The Bertz CT molecular complexity index is 1130. The summed E-state index contributed by atoms with van der Waals surface area (Å²) in [5.41, 5.74) is 4.33. The molecule has 0 aliphatic carbocycles. The van der Waals surface area contributed by atoms with E-state index in [0.717, 1.165) is 6.07 Å². The first kappa shape index (κ1) is 22.7. The summed E-state index contributed by atoms with van der Waals surface area (Å²) in [6.07, 6.45) is -2.76. The molecule has 2 N–H and O–H groups in total. The van der Waals surface area contributed by atoms with Gasteiger partial charge in [-0.3, -0.25) is 4.79 Å². The van der Waals surface area contributed by atoms with Gasteiger partial charge in [0.2, 0.25) is 11.2 Å². The van der Waals surface area contributed by atoms with E-state index in [1.165, 1.54) is 36.0 Å². The topological polar surface area (TPSA) is 91.8 Å². The van der Waals surface area contributed by atoms with Gasteiger partial charge in [0.1, 0.15) is 23.1 Å². The fourth-order valence-corrected chi connectivity index (χ4v) is 3.15. The molecule has 164 valence electrons. The Labute approximate surface area is 179 Å². The van der Waals surface area contributed by atoms with Crippen LogP contribution in [0.5, 0.6) is 17.2 Å². The molecular weight excluding hydrogens is 435 g/mol. The van der Waals surface area contributed by atoms with Crippen molar-refractivity contribution in [2.75, 3.05) is 12.0 Å². The lowest BCUT2D eigenvalue weighted by atomic mass is 10.2. The first-order chi connectivity index (χ1) is 14.7. The summed E-state index contributed by atoms with van der Waals surface area (Å²) in [6, 6.07) is 10.2. The van der Waals surface area contributed by atoms with Gasteiger partial charge in [-0.1, -0.05) is 18.2 Å². The molecule has 1 atom stereocenters. The number of nitrogens with two attached hydrogens (primary N) is 1. The van der Waals surface area contributed by atoms with Gasteiger partial charge < -0.3 is 19.6 Å². The SMILES string of the molecule is CSCCC(N)C(=O)Oc1ccc2c(=O)c(Oc3ccccc3)c(C(F)(F)F)oc2c1. The number of carbonyl (C=O) groups is 1. The zero-order valence-electron chi connectivity index (χ0n) is 16.3. The maximum Gasteiger partial charge on any atom is 0.453 e. The van der Waals surface area contributed by atoms with Gasteiger partial charge in [0, 0.05) is 6.07 Å². The van der Waals surface area contributed by atoms with E-state index in [2.05, 4.69) is 0 Å². The number of alkyl halides is 3. The minimum absolute atomic E-state index is 0.0458. The van der Waals surface area contributed by atoms with E-state index in [4.69, 9.17) is 19.6 Å². The molecule has 0 amide bonds. The molecule has 10 heteroatoms. The van der Waals surface area contributed by atoms with Gasteiger partial charge >= 0.3 is 12.1 Å². The first-order valence-corrected chi connectivity index (χ1v) is 10.5. The Kier molecular flexibility index (Phi) is 6.91. The van der Waals surface area contributed by atoms with Crippen LogP contribution in [0.2, 0.25) is 0 Å². The number of hydrogen-bond donors (Lipinski definition) is 1. The zero-order chi connectivity index (χ0) is 22.6. The van der Waals surface area contributed by atoms with Crippen LogP contribution in [0.1, 0.15) is 12.2 Å². The highest BCUT2D eigenvalue weighted by atomic mass is 32.2. The second-order valence-electron chi connectivity index (χ2n) is 6.47. The molecule has 0 saturated carbocycles. The standard InChI is InChI=1S/C21H18F3NO5S/c1-31-10-9-15(25)20(27)29-13-7-8-14-16(11-13)30-19(21(22,23)24)18(17(14)26)28-12-5-3-2-4-6-12/h2-8,11,15H,9-10,25H2,1H3. The average Bonchev–Trinajstić information content (AvgIpc) is 2.73. The summed E-state index contributed by atoms with van der Waals surface area (Å²) in [4.78, 5) is 24.8. The number of halogens is 3. The molecule has 3 rings (SSSR count). The van der Waals surface area contributed by atoms with Crippen molar-refractivity contribution in [3.63, 3.8) is 0 Å². The van der Waals surface area contributed by atoms with Crippen molar-refractivity contribution in [1.29, 1.82) is 0 Å². The predicted octanol–water partition coefficient (Wildman–Crippen LogP) is 4.59. The van der Waals surface area contributed by atoms with Gasteiger partial charge in [0.15, 0.2) is 0 Å². The van der Waals surface area contributed by atoms with Crippen LogP contribution >= 0.6 is 11.8 Å². The van der Waals surface area contributed by atoms with Crippen LogP contribution < -0.4 is 20.6 Å². The summed E-state index contributed by atoms with van der Waals surface area (Å²) < 4.78 is 56.0. The molecule has 0 saturated heterocycles. The van der Waals surface area contributed by atoms with Crippen molar-refractivity contribution < 1.29 is 31.9 Å². The minimum Gasteiger partial charge on any atom is -0.449 e. The number of ether oxygens (including phenoxy) is 2. The molecule has 0 aliphatic heterocycles. The number of para-hydroxylation sites is 1. The van der Waals surface area contributed by atoms with Gasteiger partial charge in [0.25, 0.3) is 5.76 Å². The van der Waals surface area contributed by atoms with Crippen molar-refractivity contribution in [2.45, 2.75) is 18.6 Å². The predicted molar refractivity (Wildman–Crippen MR) is 111 cm³/mol. The average molecular weight is 453 g/mol. The second kappa shape index (κ2) is 9.44. The summed E-state index contributed by atoms with van der Waals surface area (Å²) >= 11 is 1.51. The fraction of sp³-hybridized carbons (Fsp3) is 0.238. The Morgan fingerprint density at radius 3 is 2.52 bits per heavy atom. The van der Waals surface area contributed by atoms with Crippen molar-refractivity contribution in [2.24, 2.45) is 5.73 Å². The molecule has 1 heterocycles. The van der Waals surface area contributed by atoms with E-state index in [0.29, 0.717) is 12.2 Å². The van der Waals surface area contributed by atoms with E-state index in [1.807, 2.05) is 6.26 Å². The van der Waals surface area contributed by atoms with Gasteiger partial charge in [0.05, 0.1) is 5.39 Å². The van der Waals surface area contributed by atoms with E-state index in [1.54, 1.807) is 18.2 Å². The maximum absolute atomic E-state index is 13.6. The number of rotatable bonds is 7. The number of carbonyl (C=O) groups excluding carboxylic acids is 1. The summed E-state index contributed by atoms with van der Waals surface area (Å²) in [5.74, 6) is -2.71. The molecule has 6 nitrogen and oxygen atoms in total. The van der Waals surface area contributed by atoms with Gasteiger partial charge in [-0.05, 0) is 42.7 Å². The molecule has 3 aromatic rings. The molecule has 0 aliphatic rings. The summed E-state index contributed by atoms with van der Waals surface area (Å²) in [6.45, 7) is 0. The van der Waals surface area contributed by atoms with Crippen LogP contribution in [0, 0.1) is 0 Å². The normalized spacial score (nSPS) is 12.5. The molecule has 0 bridgehead atoms. The molecule has 0 fully saturated rings. The van der Waals surface area contributed by atoms with Crippen molar-refractivity contribution >= 4 is 28.7 Å². The van der Waals surface area contributed by atoms with Gasteiger partial charge in [-0.25, -0.2) is 4.79 Å². The van der Waals surface area contributed by atoms with Crippen molar-refractivity contribution in [3.8, 4) is 17.2 Å². The largest absolute Gasteiger partial charge is 0.453 e. The molecule has 0 spiro atoms. The minimum atomic E-state index is -5.00. The van der Waals surface area contributed by atoms with Gasteiger partial charge in [-0.15, -0.1) is 0 Å². The first-order valence-electron chi connectivity index (χ1n) is 9.08. The van der Waals surface area contributed by atoms with Crippen LogP contribution in [0.25, 0.3) is 11.0 Å². The Hall–Kier alpha value is -2.98. The lowest BCUT2D eigenvalue weighted by molar-refractivity contribution is -0.154. The van der Waals surface area contributed by atoms with E-state index in [9.17, 15) is 22.8 Å².